The first kappa shape index (κ1) is 17.8. The molecule has 1 aliphatic carbocycles. The molecule has 2 rings (SSSR count). The molecule has 1 heterocycles. The lowest BCUT2D eigenvalue weighted by atomic mass is 10.1. The van der Waals surface area contributed by atoms with Gasteiger partial charge in [-0.1, -0.05) is 39.7 Å². The summed E-state index contributed by atoms with van der Waals surface area (Å²) >= 11 is 0. The summed E-state index contributed by atoms with van der Waals surface area (Å²) in [4.78, 5) is 13.9. The van der Waals surface area contributed by atoms with E-state index >= 15 is 0 Å². The molecule has 0 saturated carbocycles. The molecule has 2 nitrogen and oxygen atoms in total. The van der Waals surface area contributed by atoms with Gasteiger partial charge in [0.25, 0.3) is 0 Å². The predicted molar refractivity (Wildman–Crippen MR) is 84.6 cm³/mol. The van der Waals surface area contributed by atoms with Crippen molar-refractivity contribution >= 4 is 12.5 Å². The van der Waals surface area contributed by atoms with Gasteiger partial charge in [0.1, 0.15) is 6.29 Å². The molecule has 0 fully saturated rings. The van der Waals surface area contributed by atoms with E-state index in [0.29, 0.717) is 0 Å². The van der Waals surface area contributed by atoms with Gasteiger partial charge in [0.2, 0.25) is 0 Å². The Labute approximate surface area is 118 Å². The fourth-order valence-corrected chi connectivity index (χ4v) is 1.79. The average molecular weight is 263 g/mol. The van der Waals surface area contributed by atoms with Gasteiger partial charge in [-0.15, -0.1) is 0 Å². The van der Waals surface area contributed by atoms with Crippen LogP contribution in [0.15, 0.2) is 27.9 Å². The maximum absolute atomic E-state index is 9.50. The van der Waals surface area contributed by atoms with Gasteiger partial charge in [-0.05, 0) is 44.3 Å². The number of allylic oxidation sites excluding steroid dienone is 4. The zero-order valence-corrected chi connectivity index (χ0v) is 13.2. The maximum Gasteiger partial charge on any atom is 0.122 e. The van der Waals surface area contributed by atoms with Crippen LogP contribution in [0.5, 0.6) is 0 Å². The highest BCUT2D eigenvalue weighted by Gasteiger charge is 2.14. The molecule has 0 aromatic heterocycles. The molecule has 108 valence electrons. The van der Waals surface area contributed by atoms with Gasteiger partial charge in [-0.25, -0.2) is 0 Å². The van der Waals surface area contributed by atoms with Gasteiger partial charge >= 0.3 is 0 Å². The van der Waals surface area contributed by atoms with Crippen LogP contribution >= 0.6 is 0 Å². The molecule has 0 aromatic rings. The predicted octanol–water partition coefficient (Wildman–Crippen LogP) is 5.10. The highest BCUT2D eigenvalue weighted by Crippen LogP contribution is 2.32. The SMILES string of the molecule is CC(C)C=O.CC1=CC=NC2=C(CCC2)C1.CCC. The van der Waals surface area contributed by atoms with Crippen molar-refractivity contribution in [3.63, 3.8) is 0 Å². The molecule has 0 unspecified atom stereocenters. The highest BCUT2D eigenvalue weighted by molar-refractivity contribution is 5.74. The zero-order valence-electron chi connectivity index (χ0n) is 13.2. The summed E-state index contributed by atoms with van der Waals surface area (Å²) in [6, 6.07) is 0. The van der Waals surface area contributed by atoms with Crippen LogP contribution in [0.1, 0.15) is 66.7 Å². The van der Waals surface area contributed by atoms with Gasteiger partial charge in [-0.2, -0.15) is 0 Å². The van der Waals surface area contributed by atoms with Crippen molar-refractivity contribution < 1.29 is 4.79 Å². The normalized spacial score (nSPS) is 16.6. The summed E-state index contributed by atoms with van der Waals surface area (Å²) < 4.78 is 0. The Morgan fingerprint density at radius 2 is 1.89 bits per heavy atom. The standard InChI is InChI=1S/C10H13N.C4H8O.C3H8/c1-8-5-6-11-10-4-2-3-9(10)7-8;1-4(2)3-5;1-3-2/h5-6H,2-4,7H2,1H3;3-4H,1-2H3;3H2,1-2H3. The van der Waals surface area contributed by atoms with Crippen LogP contribution in [0, 0.1) is 5.92 Å². The smallest absolute Gasteiger partial charge is 0.122 e. The van der Waals surface area contributed by atoms with Crippen LogP contribution in [0.2, 0.25) is 0 Å². The molecule has 0 amide bonds. The lowest BCUT2D eigenvalue weighted by molar-refractivity contribution is -0.110. The van der Waals surface area contributed by atoms with Crippen LogP contribution in [-0.2, 0) is 4.79 Å². The van der Waals surface area contributed by atoms with Gasteiger partial charge in [0, 0.05) is 17.8 Å². The van der Waals surface area contributed by atoms with Crippen LogP contribution in [0.3, 0.4) is 0 Å². The minimum absolute atomic E-state index is 0.204. The topological polar surface area (TPSA) is 29.4 Å². The number of rotatable bonds is 1. The molecule has 1 aliphatic heterocycles. The first-order valence-electron chi connectivity index (χ1n) is 7.41. The van der Waals surface area contributed by atoms with Crippen molar-refractivity contribution in [1.82, 2.24) is 0 Å². The molecule has 19 heavy (non-hydrogen) atoms. The molecule has 2 heteroatoms. The second-order valence-corrected chi connectivity index (χ2v) is 5.46. The number of carbonyl (C=O) groups is 1. The van der Waals surface area contributed by atoms with Crippen LogP contribution < -0.4 is 0 Å². The van der Waals surface area contributed by atoms with Crippen LogP contribution in [-0.4, -0.2) is 12.5 Å². The van der Waals surface area contributed by atoms with E-state index in [1.807, 2.05) is 20.1 Å². The van der Waals surface area contributed by atoms with E-state index in [0.717, 1.165) is 12.7 Å². The van der Waals surface area contributed by atoms with E-state index in [1.165, 1.54) is 37.0 Å². The van der Waals surface area contributed by atoms with E-state index in [2.05, 4.69) is 31.8 Å². The largest absolute Gasteiger partial charge is 0.303 e. The average Bonchev–Trinajstić information content (AvgIpc) is 2.71. The number of aliphatic imine (C=N–C) groups is 1. The van der Waals surface area contributed by atoms with Gasteiger partial charge in [0.05, 0.1) is 0 Å². The van der Waals surface area contributed by atoms with Crippen molar-refractivity contribution in [3.05, 3.63) is 22.9 Å². The summed E-state index contributed by atoms with van der Waals surface area (Å²) in [5, 5.41) is 0. The van der Waals surface area contributed by atoms with E-state index in [9.17, 15) is 4.79 Å². The molecular formula is C17H29NO. The lowest BCUT2D eigenvalue weighted by Crippen LogP contribution is -1.82. The fraction of sp³-hybridized carbons (Fsp3) is 0.647. The molecule has 0 bridgehead atoms. The van der Waals surface area contributed by atoms with Gasteiger partial charge in [0.15, 0.2) is 0 Å². The number of hydrogen-bond acceptors (Lipinski definition) is 2. The molecule has 0 saturated heterocycles. The first-order chi connectivity index (χ1) is 9.04. The third-order valence-electron chi connectivity index (χ3n) is 2.65. The van der Waals surface area contributed by atoms with Crippen LogP contribution in [0.4, 0.5) is 0 Å². The van der Waals surface area contributed by atoms with E-state index < -0.39 is 0 Å². The monoisotopic (exact) mass is 263 g/mol. The van der Waals surface area contributed by atoms with E-state index in [1.54, 1.807) is 5.57 Å². The lowest BCUT2D eigenvalue weighted by Gasteiger charge is -1.99. The molecular weight excluding hydrogens is 234 g/mol. The zero-order chi connectivity index (χ0) is 14.7. The number of aldehydes is 1. The summed E-state index contributed by atoms with van der Waals surface area (Å²) in [5.74, 6) is 0.204. The Bertz CT molecular complexity index is 348. The van der Waals surface area contributed by atoms with Crippen molar-refractivity contribution in [1.29, 1.82) is 0 Å². The Morgan fingerprint density at radius 3 is 2.42 bits per heavy atom. The van der Waals surface area contributed by atoms with Gasteiger partial charge in [-0.3, -0.25) is 4.99 Å². The molecule has 0 N–H and O–H groups in total. The summed E-state index contributed by atoms with van der Waals surface area (Å²) in [5.41, 5.74) is 4.38. The Balaban J connectivity index is 0.000000344. The van der Waals surface area contributed by atoms with Crippen molar-refractivity contribution in [3.8, 4) is 0 Å². The quantitative estimate of drug-likeness (QED) is 0.605. The van der Waals surface area contributed by atoms with Gasteiger partial charge < -0.3 is 4.79 Å². The molecule has 0 atom stereocenters. The highest BCUT2D eigenvalue weighted by atomic mass is 16.1. The minimum atomic E-state index is 0.204. The van der Waals surface area contributed by atoms with Crippen LogP contribution in [0.25, 0.3) is 0 Å². The fourth-order valence-electron chi connectivity index (χ4n) is 1.79. The third-order valence-corrected chi connectivity index (χ3v) is 2.65. The molecule has 0 radical (unpaired) electrons. The minimum Gasteiger partial charge on any atom is -0.303 e. The van der Waals surface area contributed by atoms with E-state index in [-0.39, 0.29) is 5.92 Å². The van der Waals surface area contributed by atoms with E-state index in [4.69, 9.17) is 0 Å². The molecule has 0 aromatic carbocycles. The van der Waals surface area contributed by atoms with Crippen molar-refractivity contribution in [2.24, 2.45) is 10.9 Å². The Kier molecular flexibility index (Phi) is 10.1. The molecule has 0 spiro atoms. The molecule has 2 aliphatic rings. The number of hydrogen-bond donors (Lipinski definition) is 0. The Hall–Kier alpha value is -1.18. The van der Waals surface area contributed by atoms with Crippen molar-refractivity contribution in [2.45, 2.75) is 66.7 Å². The summed E-state index contributed by atoms with van der Waals surface area (Å²) in [6.45, 7) is 10.1. The number of nitrogens with zero attached hydrogens (tertiary/aromatic N) is 1. The summed E-state index contributed by atoms with van der Waals surface area (Å²) in [6.07, 6.45) is 11.2. The second-order valence-electron chi connectivity index (χ2n) is 5.46. The van der Waals surface area contributed by atoms with Crippen molar-refractivity contribution in [2.75, 3.05) is 0 Å². The number of carbonyl (C=O) groups excluding carboxylic acids is 1. The first-order valence-corrected chi connectivity index (χ1v) is 7.41. The maximum atomic E-state index is 9.50. The Morgan fingerprint density at radius 1 is 1.32 bits per heavy atom. The summed E-state index contributed by atoms with van der Waals surface area (Å²) in [7, 11) is 0. The second kappa shape index (κ2) is 10.7. The third kappa shape index (κ3) is 8.52.